The number of para-hydroxylation sites is 1. The first-order valence-electron chi connectivity index (χ1n) is 8.83. The van der Waals surface area contributed by atoms with Crippen molar-refractivity contribution in [3.8, 4) is 11.5 Å². The topological polar surface area (TPSA) is 98.0 Å². The standard InChI is InChI=1S/C20H24N4O3/c1-22-20(24-12-17-10-15-6-2-3-8-18(15)27-17)23-11-14-5-4-7-16(9-14)26-13-19(21)25/h2-9,17H,10-13H2,1H3,(H2,21,25)(H2,22,23,24). The zero-order chi connectivity index (χ0) is 19.1. The molecule has 1 heterocycles. The van der Waals surface area contributed by atoms with E-state index in [0.29, 0.717) is 24.8 Å². The fraction of sp³-hybridized carbons (Fsp3) is 0.300. The van der Waals surface area contributed by atoms with Gasteiger partial charge in [-0.25, -0.2) is 0 Å². The van der Waals surface area contributed by atoms with E-state index in [9.17, 15) is 4.79 Å². The van der Waals surface area contributed by atoms with E-state index in [0.717, 1.165) is 17.7 Å². The largest absolute Gasteiger partial charge is 0.488 e. The van der Waals surface area contributed by atoms with Gasteiger partial charge in [-0.2, -0.15) is 0 Å². The first-order chi connectivity index (χ1) is 13.1. The van der Waals surface area contributed by atoms with Crippen molar-refractivity contribution in [3.63, 3.8) is 0 Å². The molecule has 1 unspecified atom stereocenters. The van der Waals surface area contributed by atoms with Crippen LogP contribution in [0.1, 0.15) is 11.1 Å². The highest BCUT2D eigenvalue weighted by atomic mass is 16.5. The van der Waals surface area contributed by atoms with Crippen LogP contribution in [-0.2, 0) is 17.8 Å². The number of primary amides is 1. The monoisotopic (exact) mass is 368 g/mol. The van der Waals surface area contributed by atoms with E-state index in [4.69, 9.17) is 15.2 Å². The average Bonchev–Trinajstić information content (AvgIpc) is 3.10. The maximum Gasteiger partial charge on any atom is 0.255 e. The molecule has 0 aliphatic carbocycles. The lowest BCUT2D eigenvalue weighted by molar-refractivity contribution is -0.119. The number of aliphatic imine (C=N–C) groups is 1. The number of guanidine groups is 1. The number of nitrogens with zero attached hydrogens (tertiary/aromatic N) is 1. The third kappa shape index (κ3) is 5.37. The maximum atomic E-state index is 10.8. The number of carbonyl (C=O) groups excluding carboxylic acids is 1. The smallest absolute Gasteiger partial charge is 0.255 e. The molecule has 27 heavy (non-hydrogen) atoms. The molecule has 2 aromatic rings. The fourth-order valence-electron chi connectivity index (χ4n) is 2.88. The molecule has 4 N–H and O–H groups in total. The summed E-state index contributed by atoms with van der Waals surface area (Å²) in [6.07, 6.45) is 0.978. The van der Waals surface area contributed by atoms with Crippen molar-refractivity contribution in [2.24, 2.45) is 10.7 Å². The van der Waals surface area contributed by atoms with E-state index in [-0.39, 0.29) is 12.7 Å². The Morgan fingerprint density at radius 1 is 1.26 bits per heavy atom. The van der Waals surface area contributed by atoms with Gasteiger partial charge in [-0.15, -0.1) is 0 Å². The van der Waals surface area contributed by atoms with Crippen molar-refractivity contribution in [2.75, 3.05) is 20.2 Å². The highest BCUT2D eigenvalue weighted by Gasteiger charge is 2.22. The van der Waals surface area contributed by atoms with E-state index in [2.05, 4.69) is 21.7 Å². The van der Waals surface area contributed by atoms with Crippen LogP contribution >= 0.6 is 0 Å². The predicted molar refractivity (Wildman–Crippen MR) is 104 cm³/mol. The molecule has 3 rings (SSSR count). The number of carbonyl (C=O) groups is 1. The Hall–Kier alpha value is -3.22. The van der Waals surface area contributed by atoms with Gasteiger partial charge in [0.15, 0.2) is 12.6 Å². The molecule has 0 bridgehead atoms. The van der Waals surface area contributed by atoms with Gasteiger partial charge in [0.1, 0.15) is 17.6 Å². The second kappa shape index (κ2) is 8.93. The summed E-state index contributed by atoms with van der Waals surface area (Å²) in [7, 11) is 1.73. The molecule has 0 radical (unpaired) electrons. The van der Waals surface area contributed by atoms with Gasteiger partial charge in [-0.05, 0) is 29.3 Å². The second-order valence-electron chi connectivity index (χ2n) is 6.26. The normalized spacial score (nSPS) is 15.6. The molecule has 7 heteroatoms. The summed E-state index contributed by atoms with van der Waals surface area (Å²) < 4.78 is 11.2. The van der Waals surface area contributed by atoms with Crippen LogP contribution in [0.15, 0.2) is 53.5 Å². The number of rotatable bonds is 7. The van der Waals surface area contributed by atoms with E-state index >= 15 is 0 Å². The van der Waals surface area contributed by atoms with Gasteiger partial charge in [-0.3, -0.25) is 9.79 Å². The summed E-state index contributed by atoms with van der Waals surface area (Å²) in [5.41, 5.74) is 7.34. The Morgan fingerprint density at radius 2 is 2.11 bits per heavy atom. The van der Waals surface area contributed by atoms with Gasteiger partial charge in [0.2, 0.25) is 0 Å². The molecule has 0 spiro atoms. The van der Waals surface area contributed by atoms with Crippen LogP contribution in [0.3, 0.4) is 0 Å². The Bertz CT molecular complexity index is 797. The number of nitrogens with two attached hydrogens (primary N) is 1. The zero-order valence-corrected chi connectivity index (χ0v) is 15.3. The molecule has 0 fully saturated rings. The van der Waals surface area contributed by atoms with Gasteiger partial charge in [0, 0.05) is 20.0 Å². The molecule has 1 amide bonds. The van der Waals surface area contributed by atoms with Crippen molar-refractivity contribution in [3.05, 3.63) is 59.7 Å². The molecular formula is C20H24N4O3. The van der Waals surface area contributed by atoms with E-state index in [1.165, 1.54) is 5.56 Å². The van der Waals surface area contributed by atoms with Gasteiger partial charge in [0.25, 0.3) is 5.91 Å². The van der Waals surface area contributed by atoms with Crippen molar-refractivity contribution in [1.82, 2.24) is 10.6 Å². The van der Waals surface area contributed by atoms with Crippen molar-refractivity contribution < 1.29 is 14.3 Å². The highest BCUT2D eigenvalue weighted by Crippen LogP contribution is 2.27. The number of hydrogen-bond donors (Lipinski definition) is 3. The lowest BCUT2D eigenvalue weighted by Gasteiger charge is -2.16. The maximum absolute atomic E-state index is 10.8. The first-order valence-corrected chi connectivity index (χ1v) is 8.83. The number of ether oxygens (including phenoxy) is 2. The van der Waals surface area contributed by atoms with Crippen LogP contribution < -0.4 is 25.8 Å². The Morgan fingerprint density at radius 3 is 2.89 bits per heavy atom. The number of nitrogens with one attached hydrogen (secondary N) is 2. The molecule has 2 aromatic carbocycles. The second-order valence-corrected chi connectivity index (χ2v) is 6.26. The highest BCUT2D eigenvalue weighted by molar-refractivity contribution is 5.79. The lowest BCUT2D eigenvalue weighted by atomic mass is 10.1. The fourth-order valence-corrected chi connectivity index (χ4v) is 2.88. The van der Waals surface area contributed by atoms with Crippen LogP contribution in [0.25, 0.3) is 0 Å². The minimum Gasteiger partial charge on any atom is -0.488 e. The summed E-state index contributed by atoms with van der Waals surface area (Å²) >= 11 is 0. The van der Waals surface area contributed by atoms with Crippen molar-refractivity contribution in [1.29, 1.82) is 0 Å². The molecule has 142 valence electrons. The Balaban J connectivity index is 1.46. The van der Waals surface area contributed by atoms with Crippen LogP contribution in [0, 0.1) is 0 Å². The molecule has 1 aliphatic rings. The van der Waals surface area contributed by atoms with Gasteiger partial charge in [0.05, 0.1) is 6.54 Å². The SMILES string of the molecule is CN=C(NCc1cccc(OCC(N)=O)c1)NCC1Cc2ccccc2O1. The van der Waals surface area contributed by atoms with E-state index in [1.54, 1.807) is 13.1 Å². The minimum atomic E-state index is -0.501. The Labute approximate surface area is 158 Å². The van der Waals surface area contributed by atoms with Crippen LogP contribution in [0.2, 0.25) is 0 Å². The van der Waals surface area contributed by atoms with Gasteiger partial charge in [-0.1, -0.05) is 30.3 Å². The minimum absolute atomic E-state index is 0.0893. The van der Waals surface area contributed by atoms with Gasteiger partial charge < -0.3 is 25.8 Å². The van der Waals surface area contributed by atoms with Crippen molar-refractivity contribution >= 4 is 11.9 Å². The van der Waals surface area contributed by atoms with Crippen LogP contribution in [0.4, 0.5) is 0 Å². The predicted octanol–water partition coefficient (Wildman–Crippen LogP) is 1.22. The molecular weight excluding hydrogens is 344 g/mol. The van der Waals surface area contributed by atoms with Crippen LogP contribution in [0.5, 0.6) is 11.5 Å². The average molecular weight is 368 g/mol. The summed E-state index contributed by atoms with van der Waals surface area (Å²) in [5, 5.41) is 6.55. The van der Waals surface area contributed by atoms with E-state index < -0.39 is 5.91 Å². The molecule has 0 saturated heterocycles. The molecule has 1 atom stereocenters. The number of benzene rings is 2. The first kappa shape index (κ1) is 18.6. The quantitative estimate of drug-likeness (QED) is 0.504. The number of hydrogen-bond acceptors (Lipinski definition) is 4. The third-order valence-electron chi connectivity index (χ3n) is 4.17. The summed E-state index contributed by atoms with van der Waals surface area (Å²) in [6.45, 7) is 1.10. The summed E-state index contributed by atoms with van der Waals surface area (Å²) in [4.78, 5) is 15.1. The van der Waals surface area contributed by atoms with Crippen molar-refractivity contribution in [2.45, 2.75) is 19.1 Å². The third-order valence-corrected chi connectivity index (χ3v) is 4.17. The summed E-state index contributed by atoms with van der Waals surface area (Å²) in [5.74, 6) is 1.76. The number of amides is 1. The lowest BCUT2D eigenvalue weighted by Crippen LogP contribution is -2.41. The zero-order valence-electron chi connectivity index (χ0n) is 15.3. The molecule has 1 aliphatic heterocycles. The number of fused-ring (bicyclic) bond motifs is 1. The van der Waals surface area contributed by atoms with Gasteiger partial charge >= 0.3 is 0 Å². The molecule has 0 aromatic heterocycles. The summed E-state index contributed by atoms with van der Waals surface area (Å²) in [6, 6.07) is 15.6. The molecule has 7 nitrogen and oxygen atoms in total. The Kier molecular flexibility index (Phi) is 6.14. The molecule has 0 saturated carbocycles. The van der Waals surface area contributed by atoms with E-state index in [1.807, 2.05) is 36.4 Å². The van der Waals surface area contributed by atoms with Crippen LogP contribution in [-0.4, -0.2) is 38.2 Å².